The molecule has 1 rings (SSSR count). The van der Waals surface area contributed by atoms with Gasteiger partial charge in [-0.25, -0.2) is 9.18 Å². The van der Waals surface area contributed by atoms with Gasteiger partial charge in [-0.1, -0.05) is 6.92 Å². The predicted octanol–water partition coefficient (Wildman–Crippen LogP) is 3.31. The molecule has 0 heterocycles. The third kappa shape index (κ3) is 5.04. The Hall–Kier alpha value is -1.56. The first-order chi connectivity index (χ1) is 9.66. The van der Waals surface area contributed by atoms with Crippen LogP contribution in [-0.2, 0) is 4.79 Å². The summed E-state index contributed by atoms with van der Waals surface area (Å²) >= 11 is 1.01. The van der Waals surface area contributed by atoms with Crippen molar-refractivity contribution in [2.24, 2.45) is 0 Å². The summed E-state index contributed by atoms with van der Waals surface area (Å²) in [6, 6.07) is 3.55. The fourth-order valence-electron chi connectivity index (χ4n) is 1.49. The minimum Gasteiger partial charge on any atom is -0.478 e. The van der Waals surface area contributed by atoms with Crippen molar-refractivity contribution in [2.75, 3.05) is 0 Å². The van der Waals surface area contributed by atoms with Gasteiger partial charge >= 0.3 is 5.97 Å². The van der Waals surface area contributed by atoms with Crippen LogP contribution < -0.4 is 5.32 Å². The Morgan fingerprint density at radius 1 is 1.43 bits per heavy atom. The van der Waals surface area contributed by atoms with E-state index < -0.39 is 17.0 Å². The Kier molecular flexibility index (Phi) is 5.78. The van der Waals surface area contributed by atoms with Gasteiger partial charge in [0, 0.05) is 10.4 Å². The van der Waals surface area contributed by atoms with Crippen LogP contribution in [0.1, 0.15) is 44.5 Å². The number of carbonyl (C=O) groups is 2. The smallest absolute Gasteiger partial charge is 0.335 e. The van der Waals surface area contributed by atoms with Gasteiger partial charge in [0.1, 0.15) is 5.82 Å². The highest BCUT2D eigenvalue weighted by atomic mass is 32.2. The van der Waals surface area contributed by atoms with Gasteiger partial charge in [-0.05, 0) is 45.4 Å². The summed E-state index contributed by atoms with van der Waals surface area (Å²) in [6.45, 7) is 7.45. The lowest BCUT2D eigenvalue weighted by Gasteiger charge is -2.26. The van der Waals surface area contributed by atoms with Gasteiger partial charge in [0.05, 0.1) is 10.8 Å². The number of benzene rings is 1. The number of halogens is 1. The lowest BCUT2D eigenvalue weighted by Crippen LogP contribution is -2.46. The minimum absolute atomic E-state index is 0.000367. The molecule has 0 saturated carbocycles. The van der Waals surface area contributed by atoms with Gasteiger partial charge in [-0.15, -0.1) is 11.8 Å². The van der Waals surface area contributed by atoms with Crippen molar-refractivity contribution >= 4 is 23.6 Å². The predicted molar refractivity (Wildman–Crippen MR) is 81.2 cm³/mol. The summed E-state index contributed by atoms with van der Waals surface area (Å²) in [5, 5.41) is 11.3. The third-order valence-electron chi connectivity index (χ3n) is 3.20. The number of carbonyl (C=O) groups excluding carboxylic acids is 1. The summed E-state index contributed by atoms with van der Waals surface area (Å²) in [4.78, 5) is 23.1. The Bertz CT molecular complexity index is 546. The van der Waals surface area contributed by atoms with E-state index in [4.69, 9.17) is 5.11 Å². The van der Waals surface area contributed by atoms with E-state index in [-0.39, 0.29) is 21.9 Å². The normalized spacial score (nSPS) is 12.8. The number of nitrogens with one attached hydrogen (secondary N) is 1. The van der Waals surface area contributed by atoms with E-state index in [0.29, 0.717) is 0 Å². The van der Waals surface area contributed by atoms with Gasteiger partial charge in [0.25, 0.3) is 0 Å². The standard InChI is InChI=1S/C15H20FNO3S/c1-5-15(3,4)17-13(18)9(2)21-12-8-10(14(19)20)6-7-11(12)16/h6-9H,5H2,1-4H3,(H,17,18)(H,19,20). The molecule has 0 spiro atoms. The maximum Gasteiger partial charge on any atom is 0.335 e. The molecule has 0 aliphatic rings. The highest BCUT2D eigenvalue weighted by Gasteiger charge is 2.23. The molecule has 1 amide bonds. The van der Waals surface area contributed by atoms with E-state index in [2.05, 4.69) is 5.32 Å². The minimum atomic E-state index is -1.12. The molecule has 1 aromatic rings. The molecule has 0 bridgehead atoms. The molecular weight excluding hydrogens is 293 g/mol. The van der Waals surface area contributed by atoms with Crippen LogP contribution in [0.4, 0.5) is 4.39 Å². The average Bonchev–Trinajstić information content (AvgIpc) is 2.40. The van der Waals surface area contributed by atoms with Crippen molar-refractivity contribution in [3.8, 4) is 0 Å². The molecule has 0 fully saturated rings. The van der Waals surface area contributed by atoms with Gasteiger partial charge in [-0.2, -0.15) is 0 Å². The Balaban J connectivity index is 2.83. The van der Waals surface area contributed by atoms with Crippen LogP contribution in [0.5, 0.6) is 0 Å². The Morgan fingerprint density at radius 2 is 2.05 bits per heavy atom. The third-order valence-corrected chi connectivity index (χ3v) is 4.33. The quantitative estimate of drug-likeness (QED) is 0.791. The van der Waals surface area contributed by atoms with Crippen molar-refractivity contribution < 1.29 is 19.1 Å². The fraction of sp³-hybridized carbons (Fsp3) is 0.467. The van der Waals surface area contributed by atoms with Crippen LogP contribution in [0.3, 0.4) is 0 Å². The molecule has 2 N–H and O–H groups in total. The second-order valence-electron chi connectivity index (χ2n) is 5.44. The molecule has 1 unspecified atom stereocenters. The molecular formula is C15H20FNO3S. The molecule has 0 saturated heterocycles. The maximum atomic E-state index is 13.7. The zero-order valence-corrected chi connectivity index (χ0v) is 13.4. The number of carboxylic acid groups (broad SMARTS) is 1. The van der Waals surface area contributed by atoms with Gasteiger partial charge in [0.2, 0.25) is 5.91 Å². The molecule has 4 nitrogen and oxygen atoms in total. The fourth-order valence-corrected chi connectivity index (χ4v) is 2.42. The summed E-state index contributed by atoms with van der Waals surface area (Å²) in [7, 11) is 0. The van der Waals surface area contributed by atoms with Crippen molar-refractivity contribution in [1.29, 1.82) is 0 Å². The Morgan fingerprint density at radius 3 is 2.57 bits per heavy atom. The van der Waals surface area contributed by atoms with E-state index in [1.54, 1.807) is 6.92 Å². The number of thioether (sulfide) groups is 1. The second-order valence-corrected chi connectivity index (χ2v) is 6.82. The number of rotatable bonds is 6. The summed E-state index contributed by atoms with van der Waals surface area (Å²) in [5.41, 5.74) is -0.326. The van der Waals surface area contributed by atoms with E-state index in [0.717, 1.165) is 24.2 Å². The van der Waals surface area contributed by atoms with Crippen LogP contribution in [0, 0.1) is 5.82 Å². The molecule has 21 heavy (non-hydrogen) atoms. The summed E-state index contributed by atoms with van der Waals surface area (Å²) < 4.78 is 13.7. The zero-order valence-electron chi connectivity index (χ0n) is 12.6. The van der Waals surface area contributed by atoms with E-state index in [1.165, 1.54) is 12.1 Å². The van der Waals surface area contributed by atoms with E-state index in [9.17, 15) is 14.0 Å². The largest absolute Gasteiger partial charge is 0.478 e. The highest BCUT2D eigenvalue weighted by molar-refractivity contribution is 8.00. The van der Waals surface area contributed by atoms with Crippen molar-refractivity contribution in [3.63, 3.8) is 0 Å². The molecule has 6 heteroatoms. The SMILES string of the molecule is CCC(C)(C)NC(=O)C(C)Sc1cc(C(=O)O)ccc1F. The molecule has 116 valence electrons. The number of amides is 1. The van der Waals surface area contributed by atoms with E-state index in [1.807, 2.05) is 20.8 Å². The van der Waals surface area contributed by atoms with Crippen molar-refractivity contribution in [3.05, 3.63) is 29.6 Å². The van der Waals surface area contributed by atoms with Crippen LogP contribution >= 0.6 is 11.8 Å². The van der Waals surface area contributed by atoms with Crippen LogP contribution in [-0.4, -0.2) is 27.8 Å². The number of aromatic carboxylic acids is 1. The summed E-state index contributed by atoms with van der Waals surface area (Å²) in [5.74, 6) is -1.85. The topological polar surface area (TPSA) is 66.4 Å². The van der Waals surface area contributed by atoms with Crippen LogP contribution in [0.15, 0.2) is 23.1 Å². The number of carboxylic acids is 1. The Labute approximate surface area is 128 Å². The number of hydrogen-bond donors (Lipinski definition) is 2. The molecule has 0 radical (unpaired) electrons. The van der Waals surface area contributed by atoms with Gasteiger partial charge < -0.3 is 10.4 Å². The first-order valence-electron chi connectivity index (χ1n) is 6.68. The lowest BCUT2D eigenvalue weighted by molar-refractivity contribution is -0.121. The highest BCUT2D eigenvalue weighted by Crippen LogP contribution is 2.27. The van der Waals surface area contributed by atoms with Crippen LogP contribution in [0.25, 0.3) is 0 Å². The number of hydrogen-bond acceptors (Lipinski definition) is 3. The molecule has 1 atom stereocenters. The van der Waals surface area contributed by atoms with Gasteiger partial charge in [0.15, 0.2) is 0 Å². The molecule has 1 aromatic carbocycles. The molecule has 0 aromatic heterocycles. The average molecular weight is 313 g/mol. The first-order valence-corrected chi connectivity index (χ1v) is 7.56. The first kappa shape index (κ1) is 17.5. The zero-order chi connectivity index (χ0) is 16.2. The monoisotopic (exact) mass is 313 g/mol. The summed E-state index contributed by atoms with van der Waals surface area (Å²) in [6.07, 6.45) is 0.777. The lowest BCUT2D eigenvalue weighted by atomic mass is 10.0. The second kappa shape index (κ2) is 6.93. The van der Waals surface area contributed by atoms with Crippen LogP contribution in [0.2, 0.25) is 0 Å². The van der Waals surface area contributed by atoms with Gasteiger partial charge in [-0.3, -0.25) is 4.79 Å². The van der Waals surface area contributed by atoms with Crippen molar-refractivity contribution in [1.82, 2.24) is 5.32 Å². The molecule has 0 aliphatic heterocycles. The van der Waals surface area contributed by atoms with Crippen molar-refractivity contribution in [2.45, 2.75) is 49.8 Å². The maximum absolute atomic E-state index is 13.7. The van der Waals surface area contributed by atoms with E-state index >= 15 is 0 Å². The molecule has 0 aliphatic carbocycles.